The van der Waals surface area contributed by atoms with Crippen molar-refractivity contribution in [3.8, 4) is 0 Å². The van der Waals surface area contributed by atoms with Gasteiger partial charge in [-0.2, -0.15) is 0 Å². The molecule has 0 atom stereocenters. The van der Waals surface area contributed by atoms with Gasteiger partial charge in [0.25, 0.3) is 11.8 Å². The maximum Gasteiger partial charge on any atom is 0.380 e. The van der Waals surface area contributed by atoms with E-state index in [4.69, 9.17) is 4.84 Å². The van der Waals surface area contributed by atoms with Crippen molar-refractivity contribution >= 4 is 45.3 Å². The number of aromatic nitrogens is 1. The fourth-order valence-corrected chi connectivity index (χ4v) is 4.33. The van der Waals surface area contributed by atoms with Gasteiger partial charge in [0.2, 0.25) is 0 Å². The van der Waals surface area contributed by atoms with Gasteiger partial charge in [-0.3, -0.25) is 14.6 Å². The first-order valence-corrected chi connectivity index (χ1v) is 10.4. The molecule has 2 heterocycles. The van der Waals surface area contributed by atoms with Gasteiger partial charge in [-0.05, 0) is 12.5 Å². The molecule has 1 N–H and O–H groups in total. The van der Waals surface area contributed by atoms with Crippen LogP contribution in [0.25, 0.3) is 0 Å². The van der Waals surface area contributed by atoms with E-state index in [2.05, 4.69) is 4.98 Å². The molecule has 2 rings (SSSR count). The second-order valence-electron chi connectivity index (χ2n) is 6.13. The molecular formula is C16H20N3O6S2+. The molecule has 0 spiro atoms. The Bertz CT molecular complexity index is 734. The van der Waals surface area contributed by atoms with E-state index in [-0.39, 0.29) is 19.3 Å². The first-order chi connectivity index (χ1) is 12.7. The predicted octanol–water partition coefficient (Wildman–Crippen LogP) is 1.82. The van der Waals surface area contributed by atoms with Gasteiger partial charge < -0.3 is 4.84 Å². The van der Waals surface area contributed by atoms with E-state index in [9.17, 15) is 24.4 Å². The highest BCUT2D eigenvalue weighted by Gasteiger charge is 2.32. The summed E-state index contributed by atoms with van der Waals surface area (Å²) in [5.41, 5.74) is 0.313. The number of nitrogens with zero attached hydrogens (tertiary/aromatic N) is 3. The molecule has 1 aliphatic rings. The molecule has 0 saturated carbocycles. The Morgan fingerprint density at radius 2 is 1.96 bits per heavy atom. The molecule has 0 aromatic carbocycles. The fraction of sp³-hybridized carbons (Fsp3) is 0.438. The summed E-state index contributed by atoms with van der Waals surface area (Å²) in [5.74, 6) is -1.54. The molecule has 1 aliphatic heterocycles. The average molecular weight is 414 g/mol. The highest BCUT2D eigenvalue weighted by Crippen LogP contribution is 2.34. The lowest BCUT2D eigenvalue weighted by atomic mass is 10.2. The zero-order valence-corrected chi connectivity index (χ0v) is 16.5. The summed E-state index contributed by atoms with van der Waals surface area (Å²) in [6.45, 7) is 0. The lowest BCUT2D eigenvalue weighted by Gasteiger charge is -2.17. The van der Waals surface area contributed by atoms with Crippen LogP contribution >= 0.6 is 21.6 Å². The first-order valence-electron chi connectivity index (χ1n) is 8.12. The summed E-state index contributed by atoms with van der Waals surface area (Å²) in [7, 11) is 5.49. The number of carbonyl (C=O) groups excluding carboxylic acids is 4. The smallest absolute Gasteiger partial charge is 0.330 e. The minimum absolute atomic E-state index is 0.0628. The molecule has 1 aromatic heterocycles. The number of quaternary nitrogens is 1. The predicted molar refractivity (Wildman–Crippen MR) is 97.2 cm³/mol. The number of rotatable bonds is 8. The van der Waals surface area contributed by atoms with E-state index in [1.54, 1.807) is 12.3 Å². The molecule has 1 fully saturated rings. The maximum atomic E-state index is 12.2. The average Bonchev–Trinajstić information content (AvgIpc) is 2.92. The van der Waals surface area contributed by atoms with Crippen LogP contribution in [0.4, 0.5) is 0 Å². The van der Waals surface area contributed by atoms with Crippen LogP contribution in [0.15, 0.2) is 23.4 Å². The first kappa shape index (κ1) is 21.4. The highest BCUT2D eigenvalue weighted by molar-refractivity contribution is 8.76. The Morgan fingerprint density at radius 3 is 2.59 bits per heavy atom. The summed E-state index contributed by atoms with van der Waals surface area (Å²) in [4.78, 5) is 56.1. The van der Waals surface area contributed by atoms with E-state index in [1.165, 1.54) is 41.9 Å². The third kappa shape index (κ3) is 6.03. The number of amides is 3. The van der Waals surface area contributed by atoms with Gasteiger partial charge in [0.15, 0.2) is 0 Å². The van der Waals surface area contributed by atoms with Gasteiger partial charge in [0.1, 0.15) is 19.7 Å². The van der Waals surface area contributed by atoms with Crippen molar-refractivity contribution in [2.75, 3.05) is 19.8 Å². The Hall–Kier alpha value is -1.95. The standard InChI is InChI=1S/C16H20N3O6S2/c1-19(2,24)16(23)11-10-17-8-7-12(11)27-26-9-3-4-15(22)25-18-13(20)5-6-14(18)21/h7-8,10,24H,3-6,9H2,1-2H3/q+1. The Labute approximate surface area is 163 Å². The van der Waals surface area contributed by atoms with Crippen molar-refractivity contribution < 1.29 is 33.9 Å². The van der Waals surface area contributed by atoms with E-state index < -0.39 is 28.3 Å². The second-order valence-corrected chi connectivity index (χ2v) is 8.58. The van der Waals surface area contributed by atoms with Gasteiger partial charge in [0.05, 0.1) is 0 Å². The van der Waals surface area contributed by atoms with Crippen LogP contribution < -0.4 is 0 Å². The molecule has 0 aliphatic carbocycles. The van der Waals surface area contributed by atoms with Gasteiger partial charge in [0, 0.05) is 42.3 Å². The number of hydroxylamine groups is 5. The molecule has 0 unspecified atom stereocenters. The van der Waals surface area contributed by atoms with Crippen LogP contribution in [0, 0.1) is 0 Å². The molecule has 0 radical (unpaired) electrons. The highest BCUT2D eigenvalue weighted by atomic mass is 33.1. The Morgan fingerprint density at radius 1 is 1.30 bits per heavy atom. The van der Waals surface area contributed by atoms with Crippen LogP contribution in [-0.4, -0.2) is 63.4 Å². The molecule has 0 bridgehead atoms. The van der Waals surface area contributed by atoms with Crippen LogP contribution in [0.5, 0.6) is 0 Å². The van der Waals surface area contributed by atoms with Crippen molar-refractivity contribution in [2.45, 2.75) is 30.6 Å². The SMILES string of the molecule is C[N+](C)(O)C(=O)c1cnccc1SSCCCC(=O)ON1C(=O)CCC1=O. The molecule has 146 valence electrons. The quantitative estimate of drug-likeness (QED) is 0.170. The second kappa shape index (κ2) is 9.31. The topological polar surface area (TPSA) is 114 Å². The van der Waals surface area contributed by atoms with Crippen LogP contribution in [0.2, 0.25) is 0 Å². The lowest BCUT2D eigenvalue weighted by Crippen LogP contribution is -2.42. The molecule has 11 heteroatoms. The largest absolute Gasteiger partial charge is 0.380 e. The number of hydrogen-bond acceptors (Lipinski definition) is 9. The minimum atomic E-state index is -0.830. The van der Waals surface area contributed by atoms with E-state index in [0.29, 0.717) is 27.7 Å². The zero-order chi connectivity index (χ0) is 20.0. The molecule has 1 aromatic rings. The molecular weight excluding hydrogens is 394 g/mol. The Kier molecular flexibility index (Phi) is 7.36. The number of hydrogen-bond donors (Lipinski definition) is 1. The zero-order valence-electron chi connectivity index (χ0n) is 14.9. The van der Waals surface area contributed by atoms with Crippen molar-refractivity contribution in [3.63, 3.8) is 0 Å². The van der Waals surface area contributed by atoms with Crippen LogP contribution in [0.1, 0.15) is 36.0 Å². The number of imide groups is 1. The number of pyridine rings is 1. The summed E-state index contributed by atoms with van der Waals surface area (Å²) in [5, 5.41) is 10.4. The summed E-state index contributed by atoms with van der Waals surface area (Å²) in [6, 6.07) is 1.68. The summed E-state index contributed by atoms with van der Waals surface area (Å²) < 4.78 is -0.830. The van der Waals surface area contributed by atoms with E-state index in [0.717, 1.165) is 0 Å². The van der Waals surface area contributed by atoms with Gasteiger partial charge in [-0.25, -0.2) is 14.8 Å². The molecule has 9 nitrogen and oxygen atoms in total. The van der Waals surface area contributed by atoms with E-state index >= 15 is 0 Å². The van der Waals surface area contributed by atoms with Gasteiger partial charge in [-0.15, -0.1) is 9.71 Å². The van der Waals surface area contributed by atoms with Crippen LogP contribution in [-0.2, 0) is 19.2 Å². The molecule has 27 heavy (non-hydrogen) atoms. The third-order valence-electron chi connectivity index (χ3n) is 3.46. The fourth-order valence-electron chi connectivity index (χ4n) is 2.10. The number of carbonyl (C=O) groups is 4. The van der Waals surface area contributed by atoms with Crippen LogP contribution in [0.3, 0.4) is 0 Å². The maximum absolute atomic E-state index is 12.2. The van der Waals surface area contributed by atoms with Gasteiger partial charge >= 0.3 is 11.9 Å². The van der Waals surface area contributed by atoms with E-state index in [1.807, 2.05) is 0 Å². The molecule has 1 saturated heterocycles. The molecule has 3 amide bonds. The minimum Gasteiger partial charge on any atom is -0.330 e. The normalized spacial score (nSPS) is 14.6. The van der Waals surface area contributed by atoms with Gasteiger partial charge in [-0.1, -0.05) is 21.6 Å². The van der Waals surface area contributed by atoms with Crippen molar-refractivity contribution in [3.05, 3.63) is 24.0 Å². The Balaban J connectivity index is 1.76. The lowest BCUT2D eigenvalue weighted by molar-refractivity contribution is -1.00. The van der Waals surface area contributed by atoms with Crippen molar-refractivity contribution in [1.29, 1.82) is 0 Å². The van der Waals surface area contributed by atoms with Crippen molar-refractivity contribution in [1.82, 2.24) is 10.0 Å². The monoisotopic (exact) mass is 414 g/mol. The van der Waals surface area contributed by atoms with Crippen molar-refractivity contribution in [2.24, 2.45) is 0 Å². The summed E-state index contributed by atoms with van der Waals surface area (Å²) >= 11 is 0. The summed E-state index contributed by atoms with van der Waals surface area (Å²) in [6.07, 6.45) is 3.63. The third-order valence-corrected chi connectivity index (χ3v) is 5.97.